The number of rotatable bonds is 2. The molecule has 3 rings (SSSR count). The fourth-order valence-corrected chi connectivity index (χ4v) is 2.28. The lowest BCUT2D eigenvalue weighted by Gasteiger charge is -2.22. The monoisotopic (exact) mass is 284 g/mol. The van der Waals surface area contributed by atoms with Gasteiger partial charge >= 0.3 is 0 Å². The molecule has 0 aliphatic carbocycles. The van der Waals surface area contributed by atoms with Gasteiger partial charge in [0.25, 0.3) is 0 Å². The van der Waals surface area contributed by atoms with Gasteiger partial charge in [-0.3, -0.25) is 4.79 Å². The third-order valence-electron chi connectivity index (χ3n) is 3.27. The van der Waals surface area contributed by atoms with Gasteiger partial charge in [0, 0.05) is 11.8 Å². The molecule has 1 saturated heterocycles. The van der Waals surface area contributed by atoms with Crippen LogP contribution in [0.3, 0.4) is 0 Å². The normalized spacial score (nSPS) is 20.5. The highest BCUT2D eigenvalue weighted by Gasteiger charge is 2.21. The molecule has 6 heteroatoms. The molecule has 2 aliphatic heterocycles. The topological polar surface area (TPSA) is 59.6 Å². The molecule has 0 saturated carbocycles. The minimum Gasteiger partial charge on any atom is -0.454 e. The molecule has 2 aliphatic rings. The average molecular weight is 285 g/mol. The van der Waals surface area contributed by atoms with Crippen molar-refractivity contribution in [3.63, 3.8) is 0 Å². The number of ether oxygens (including phenoxy) is 2. The van der Waals surface area contributed by atoms with Crippen molar-refractivity contribution in [2.75, 3.05) is 18.7 Å². The van der Waals surface area contributed by atoms with E-state index in [9.17, 15) is 4.79 Å². The van der Waals surface area contributed by atoms with Crippen molar-refractivity contribution in [2.24, 2.45) is 0 Å². The molecule has 0 radical (unpaired) electrons. The second-order valence-electron chi connectivity index (χ2n) is 4.56. The second-order valence-corrected chi connectivity index (χ2v) is 4.56. The quantitative estimate of drug-likeness (QED) is 0.871. The first-order valence-electron chi connectivity index (χ1n) is 6.27. The van der Waals surface area contributed by atoms with E-state index >= 15 is 0 Å². The lowest BCUT2D eigenvalue weighted by Crippen LogP contribution is -2.43. The Labute approximate surface area is 118 Å². The van der Waals surface area contributed by atoms with Gasteiger partial charge < -0.3 is 20.1 Å². The molecule has 2 N–H and O–H groups in total. The zero-order valence-corrected chi connectivity index (χ0v) is 11.3. The Morgan fingerprint density at radius 1 is 1.26 bits per heavy atom. The number of halogens is 1. The third-order valence-corrected chi connectivity index (χ3v) is 3.27. The fourth-order valence-electron chi connectivity index (χ4n) is 2.28. The van der Waals surface area contributed by atoms with E-state index in [-0.39, 0.29) is 31.1 Å². The predicted octanol–water partition coefficient (Wildman–Crippen LogP) is 1.92. The van der Waals surface area contributed by atoms with Crippen LogP contribution in [0, 0.1) is 0 Å². The van der Waals surface area contributed by atoms with Crippen LogP contribution in [-0.4, -0.2) is 25.3 Å². The molecular formula is C13H17ClN2O3. The van der Waals surface area contributed by atoms with E-state index in [0.29, 0.717) is 5.75 Å². The van der Waals surface area contributed by atoms with E-state index in [2.05, 4.69) is 10.6 Å². The van der Waals surface area contributed by atoms with Gasteiger partial charge in [-0.1, -0.05) is 6.42 Å². The summed E-state index contributed by atoms with van der Waals surface area (Å²) in [7, 11) is 0. The van der Waals surface area contributed by atoms with Crippen LogP contribution in [0.4, 0.5) is 5.69 Å². The number of fused-ring (bicyclic) bond motifs is 1. The molecule has 1 atom stereocenters. The number of carbonyl (C=O) groups excluding carboxylic acids is 1. The summed E-state index contributed by atoms with van der Waals surface area (Å²) in [6, 6.07) is 5.35. The van der Waals surface area contributed by atoms with Gasteiger partial charge in [-0.2, -0.15) is 0 Å². The predicted molar refractivity (Wildman–Crippen MR) is 74.1 cm³/mol. The largest absolute Gasteiger partial charge is 0.454 e. The average Bonchev–Trinajstić information content (AvgIpc) is 2.87. The molecule has 1 aromatic carbocycles. The number of hydrogen-bond acceptors (Lipinski definition) is 4. The SMILES string of the molecule is Cl.O=C(Nc1ccc2c(c1)OCO2)[C@H]1CCCCN1. The molecule has 0 aromatic heterocycles. The standard InChI is InChI=1S/C13H16N2O3.ClH/c16-13(10-3-1-2-6-14-10)15-9-4-5-11-12(7-9)18-8-17-11;/h4-5,7,10,14H,1-3,6,8H2,(H,15,16);1H/t10-;/m1./s1. The van der Waals surface area contributed by atoms with Crippen LogP contribution in [0.15, 0.2) is 18.2 Å². The smallest absolute Gasteiger partial charge is 0.241 e. The Morgan fingerprint density at radius 3 is 2.89 bits per heavy atom. The van der Waals surface area contributed by atoms with E-state index in [1.165, 1.54) is 0 Å². The Morgan fingerprint density at radius 2 is 2.11 bits per heavy atom. The maximum Gasteiger partial charge on any atom is 0.241 e. The Hall–Kier alpha value is -1.46. The highest BCUT2D eigenvalue weighted by molar-refractivity contribution is 5.95. The van der Waals surface area contributed by atoms with Crippen LogP contribution < -0.4 is 20.1 Å². The third kappa shape index (κ3) is 3.11. The van der Waals surface area contributed by atoms with Gasteiger partial charge in [0.15, 0.2) is 11.5 Å². The maximum absolute atomic E-state index is 12.0. The summed E-state index contributed by atoms with van der Waals surface area (Å²) < 4.78 is 10.5. The van der Waals surface area contributed by atoms with Gasteiger partial charge in [0.1, 0.15) is 0 Å². The summed E-state index contributed by atoms with van der Waals surface area (Å²) in [5.41, 5.74) is 0.747. The minimum atomic E-state index is -0.0795. The molecule has 0 bridgehead atoms. The van der Waals surface area contributed by atoms with Crippen molar-refractivity contribution in [2.45, 2.75) is 25.3 Å². The van der Waals surface area contributed by atoms with Crippen molar-refractivity contribution in [3.8, 4) is 11.5 Å². The lowest BCUT2D eigenvalue weighted by atomic mass is 10.0. The first-order chi connectivity index (χ1) is 8.83. The Bertz CT molecular complexity index is 461. The molecule has 0 spiro atoms. The van der Waals surface area contributed by atoms with Gasteiger partial charge in [0.05, 0.1) is 6.04 Å². The summed E-state index contributed by atoms with van der Waals surface area (Å²) in [5.74, 6) is 1.43. The van der Waals surface area contributed by atoms with Crippen LogP contribution in [-0.2, 0) is 4.79 Å². The Kier molecular flexibility index (Phi) is 4.50. The number of benzene rings is 1. The van der Waals surface area contributed by atoms with E-state index < -0.39 is 0 Å². The maximum atomic E-state index is 12.0. The highest BCUT2D eigenvalue weighted by atomic mass is 35.5. The van der Waals surface area contributed by atoms with Crippen molar-refractivity contribution < 1.29 is 14.3 Å². The van der Waals surface area contributed by atoms with Gasteiger partial charge in [-0.15, -0.1) is 12.4 Å². The fraction of sp³-hybridized carbons (Fsp3) is 0.462. The van der Waals surface area contributed by atoms with E-state index in [4.69, 9.17) is 9.47 Å². The summed E-state index contributed by atoms with van der Waals surface area (Å²) in [6.45, 7) is 1.16. The molecule has 1 amide bonds. The summed E-state index contributed by atoms with van der Waals surface area (Å²) in [5, 5.41) is 6.13. The van der Waals surface area contributed by atoms with Crippen molar-refractivity contribution in [1.82, 2.24) is 5.32 Å². The molecular weight excluding hydrogens is 268 g/mol. The van der Waals surface area contributed by atoms with E-state index in [1.54, 1.807) is 6.07 Å². The van der Waals surface area contributed by atoms with Gasteiger partial charge in [0.2, 0.25) is 12.7 Å². The Balaban J connectivity index is 0.00000133. The highest BCUT2D eigenvalue weighted by Crippen LogP contribution is 2.34. The molecule has 104 valence electrons. The molecule has 1 aromatic rings. The molecule has 0 unspecified atom stereocenters. The van der Waals surface area contributed by atoms with E-state index in [0.717, 1.165) is 37.2 Å². The van der Waals surface area contributed by atoms with Crippen LogP contribution in [0.5, 0.6) is 11.5 Å². The summed E-state index contributed by atoms with van der Waals surface area (Å²) in [4.78, 5) is 12.0. The number of carbonyl (C=O) groups is 1. The van der Waals surface area contributed by atoms with Crippen LogP contribution in [0.1, 0.15) is 19.3 Å². The number of anilines is 1. The van der Waals surface area contributed by atoms with Crippen molar-refractivity contribution in [1.29, 1.82) is 0 Å². The lowest BCUT2D eigenvalue weighted by molar-refractivity contribution is -0.118. The first-order valence-corrected chi connectivity index (χ1v) is 6.27. The minimum absolute atomic E-state index is 0. The first kappa shape index (κ1) is 14.0. The van der Waals surface area contributed by atoms with Gasteiger partial charge in [-0.05, 0) is 31.5 Å². The van der Waals surface area contributed by atoms with Crippen LogP contribution in [0.25, 0.3) is 0 Å². The van der Waals surface area contributed by atoms with Crippen LogP contribution in [0.2, 0.25) is 0 Å². The number of nitrogens with one attached hydrogen (secondary N) is 2. The van der Waals surface area contributed by atoms with Crippen molar-refractivity contribution >= 4 is 24.0 Å². The summed E-state index contributed by atoms with van der Waals surface area (Å²) in [6.07, 6.45) is 3.15. The number of hydrogen-bond donors (Lipinski definition) is 2. The number of amides is 1. The molecule has 2 heterocycles. The van der Waals surface area contributed by atoms with Gasteiger partial charge in [-0.25, -0.2) is 0 Å². The molecule has 1 fully saturated rings. The second kappa shape index (κ2) is 6.12. The zero-order chi connectivity index (χ0) is 12.4. The van der Waals surface area contributed by atoms with Crippen molar-refractivity contribution in [3.05, 3.63) is 18.2 Å². The number of piperidine rings is 1. The molecule has 5 nitrogen and oxygen atoms in total. The molecule has 19 heavy (non-hydrogen) atoms. The summed E-state index contributed by atoms with van der Waals surface area (Å²) >= 11 is 0. The van der Waals surface area contributed by atoms with E-state index in [1.807, 2.05) is 12.1 Å². The van der Waals surface area contributed by atoms with Crippen LogP contribution >= 0.6 is 12.4 Å². The zero-order valence-electron chi connectivity index (χ0n) is 10.5.